The molecule has 5 aromatic rings. The molecule has 5 rings (SSSR count). The van der Waals surface area contributed by atoms with Gasteiger partial charge in [0.15, 0.2) is 0 Å². The third kappa shape index (κ3) is 7.30. The Kier molecular flexibility index (Phi) is 9.28. The first-order chi connectivity index (χ1) is 22.0. The van der Waals surface area contributed by atoms with Crippen LogP contribution in [0, 0.1) is 0 Å². The Balaban J connectivity index is 1.20. The summed E-state index contributed by atoms with van der Waals surface area (Å²) in [5.74, 6) is -1.53. The van der Waals surface area contributed by atoms with Crippen LogP contribution in [0.3, 0.4) is 0 Å². The van der Waals surface area contributed by atoms with E-state index in [1.807, 2.05) is 37.2 Å². The summed E-state index contributed by atoms with van der Waals surface area (Å²) in [5.41, 5.74) is 3.70. The molecule has 0 aliphatic carbocycles. The lowest BCUT2D eigenvalue weighted by Gasteiger charge is -2.10. The number of amides is 4. The van der Waals surface area contributed by atoms with E-state index in [4.69, 9.17) is 0 Å². The van der Waals surface area contributed by atoms with Crippen molar-refractivity contribution in [2.75, 3.05) is 43.1 Å². The third-order valence-corrected chi connectivity index (χ3v) is 7.24. The maximum absolute atomic E-state index is 13.1. The van der Waals surface area contributed by atoms with Gasteiger partial charge in [0.2, 0.25) is 0 Å². The molecule has 238 valence electrons. The molecule has 0 atom stereocenters. The van der Waals surface area contributed by atoms with Crippen molar-refractivity contribution < 1.29 is 19.2 Å². The van der Waals surface area contributed by atoms with Gasteiger partial charge in [-0.3, -0.25) is 24.2 Å². The van der Waals surface area contributed by atoms with Crippen LogP contribution in [0.25, 0.3) is 11.0 Å². The lowest BCUT2D eigenvalue weighted by atomic mass is 10.3. The number of carbonyl (C=O) groups is 4. The maximum atomic E-state index is 13.1. The molecule has 4 heterocycles. The minimum absolute atomic E-state index is 0.147. The first-order valence-electron chi connectivity index (χ1n) is 14.6. The molecular formula is C32H36N10O4. The molecule has 0 unspecified atom stereocenters. The molecule has 0 saturated carbocycles. The maximum Gasteiger partial charge on any atom is 0.275 e. The second-order valence-corrected chi connectivity index (χ2v) is 11.2. The Labute approximate surface area is 265 Å². The number of hydrogen-bond donors (Lipinski definition) is 4. The van der Waals surface area contributed by atoms with Gasteiger partial charge in [-0.15, -0.1) is 0 Å². The summed E-state index contributed by atoms with van der Waals surface area (Å²) in [4.78, 5) is 62.4. The summed E-state index contributed by atoms with van der Waals surface area (Å²) in [6.07, 6.45) is 7.12. The lowest BCUT2D eigenvalue weighted by molar-refractivity contribution is 0.0942. The van der Waals surface area contributed by atoms with E-state index >= 15 is 0 Å². The van der Waals surface area contributed by atoms with Crippen molar-refractivity contribution in [3.8, 4) is 0 Å². The third-order valence-electron chi connectivity index (χ3n) is 7.24. The Bertz CT molecular complexity index is 1930. The molecule has 14 nitrogen and oxygen atoms in total. The summed E-state index contributed by atoms with van der Waals surface area (Å²) in [6, 6.07) is 12.0. The number of carbonyl (C=O) groups excluding carboxylic acids is 4. The molecule has 4 amide bonds. The summed E-state index contributed by atoms with van der Waals surface area (Å²) < 4.78 is 4.83. The second kappa shape index (κ2) is 13.5. The molecule has 46 heavy (non-hydrogen) atoms. The van der Waals surface area contributed by atoms with E-state index in [1.54, 1.807) is 77.7 Å². The predicted octanol–water partition coefficient (Wildman–Crippen LogP) is 3.08. The Morgan fingerprint density at radius 1 is 0.696 bits per heavy atom. The highest BCUT2D eigenvalue weighted by Gasteiger charge is 2.19. The monoisotopic (exact) mass is 624 g/mol. The van der Waals surface area contributed by atoms with Gasteiger partial charge in [-0.05, 0) is 57.4 Å². The topological polar surface area (TPSA) is 160 Å². The van der Waals surface area contributed by atoms with Crippen molar-refractivity contribution in [2.45, 2.75) is 6.42 Å². The van der Waals surface area contributed by atoms with Crippen molar-refractivity contribution >= 4 is 51.7 Å². The first-order valence-corrected chi connectivity index (χ1v) is 14.6. The second-order valence-electron chi connectivity index (χ2n) is 11.2. The van der Waals surface area contributed by atoms with Crippen LogP contribution in [0.5, 0.6) is 0 Å². The zero-order valence-corrected chi connectivity index (χ0v) is 26.3. The van der Waals surface area contributed by atoms with Gasteiger partial charge >= 0.3 is 0 Å². The van der Waals surface area contributed by atoms with Crippen LogP contribution < -0.4 is 21.3 Å². The molecule has 4 aromatic heterocycles. The molecule has 14 heteroatoms. The fourth-order valence-corrected chi connectivity index (χ4v) is 4.92. The summed E-state index contributed by atoms with van der Waals surface area (Å²) in [7, 11) is 9.06. The lowest BCUT2D eigenvalue weighted by Crippen LogP contribution is -2.28. The summed E-state index contributed by atoms with van der Waals surface area (Å²) >= 11 is 0. The van der Waals surface area contributed by atoms with Crippen molar-refractivity contribution in [3.05, 3.63) is 90.0 Å². The molecule has 0 radical (unpaired) electrons. The van der Waals surface area contributed by atoms with Crippen LogP contribution in [-0.4, -0.2) is 79.4 Å². The smallest absolute Gasteiger partial charge is 0.275 e. The van der Waals surface area contributed by atoms with E-state index < -0.39 is 17.7 Å². The number of nitrogens with zero attached hydrogens (tertiary/aromatic N) is 6. The predicted molar refractivity (Wildman–Crippen MR) is 175 cm³/mol. The molecule has 0 fully saturated rings. The number of nitrogens with one attached hydrogen (secondary N) is 4. The van der Waals surface area contributed by atoms with Gasteiger partial charge < -0.3 is 39.9 Å². The number of rotatable bonds is 11. The molecule has 0 aliphatic heterocycles. The van der Waals surface area contributed by atoms with Crippen LogP contribution in [0.4, 0.5) is 17.1 Å². The molecular weight excluding hydrogens is 588 g/mol. The van der Waals surface area contributed by atoms with Crippen LogP contribution >= 0.6 is 0 Å². The van der Waals surface area contributed by atoms with Crippen molar-refractivity contribution in [1.82, 2.24) is 33.9 Å². The van der Waals surface area contributed by atoms with Crippen LogP contribution in [0.2, 0.25) is 0 Å². The Morgan fingerprint density at radius 3 is 1.70 bits per heavy atom. The van der Waals surface area contributed by atoms with E-state index in [2.05, 4.69) is 31.2 Å². The van der Waals surface area contributed by atoms with Gasteiger partial charge in [0.1, 0.15) is 22.8 Å². The number of para-hydroxylation sites is 2. The van der Waals surface area contributed by atoms with E-state index in [1.165, 1.54) is 6.20 Å². The van der Waals surface area contributed by atoms with E-state index in [-0.39, 0.29) is 17.3 Å². The van der Waals surface area contributed by atoms with Gasteiger partial charge in [-0.1, -0.05) is 12.1 Å². The standard InChI is InChI=1S/C32H36N10O4/c1-39(2)12-8-11-33-30(44)26-13-21(18-40(26)3)36-32(46)28-15-22(19-42(28)5)37-31(45)27-14-20(17-41(27)4)35-29(43)25-16-34-23-9-6-7-10-24(23)38-25/h6-7,9-10,13-19H,8,11-12H2,1-5H3,(H,33,44)(H,35,43)(H,36,46)(H,37,45). The molecule has 4 N–H and O–H groups in total. The Morgan fingerprint density at radius 2 is 1.17 bits per heavy atom. The quantitative estimate of drug-likeness (QED) is 0.164. The molecule has 0 saturated heterocycles. The van der Waals surface area contributed by atoms with E-state index in [0.29, 0.717) is 46.0 Å². The van der Waals surface area contributed by atoms with Crippen LogP contribution in [-0.2, 0) is 21.1 Å². The highest BCUT2D eigenvalue weighted by atomic mass is 16.2. The van der Waals surface area contributed by atoms with Gasteiger partial charge in [-0.2, -0.15) is 0 Å². The number of anilines is 3. The van der Waals surface area contributed by atoms with E-state index in [0.717, 1.165) is 13.0 Å². The molecule has 1 aromatic carbocycles. The number of aryl methyl sites for hydroxylation is 3. The average molecular weight is 625 g/mol. The number of aromatic nitrogens is 5. The SMILES string of the molecule is CN(C)CCCNC(=O)c1cc(NC(=O)c2cc(NC(=O)c3cc(NC(=O)c4cnc5ccccc5n4)cn3C)cn2C)cn1C. The summed E-state index contributed by atoms with van der Waals surface area (Å²) in [5, 5.41) is 11.3. The van der Waals surface area contributed by atoms with Crippen molar-refractivity contribution in [2.24, 2.45) is 21.1 Å². The fourth-order valence-electron chi connectivity index (χ4n) is 4.92. The Hall–Kier alpha value is -5.76. The highest BCUT2D eigenvalue weighted by Crippen LogP contribution is 2.20. The number of fused-ring (bicyclic) bond motifs is 1. The average Bonchev–Trinajstić information content (AvgIpc) is 3.69. The van der Waals surface area contributed by atoms with Gasteiger partial charge in [0.05, 0.1) is 34.3 Å². The zero-order chi connectivity index (χ0) is 33.0. The number of hydrogen-bond acceptors (Lipinski definition) is 7. The largest absolute Gasteiger partial charge is 0.351 e. The van der Waals surface area contributed by atoms with Gasteiger partial charge in [-0.25, -0.2) is 4.98 Å². The first kappa shape index (κ1) is 31.7. The minimum atomic E-state index is -0.458. The van der Waals surface area contributed by atoms with E-state index in [9.17, 15) is 19.2 Å². The molecule has 0 spiro atoms. The summed E-state index contributed by atoms with van der Waals surface area (Å²) in [6.45, 7) is 1.40. The number of benzene rings is 1. The van der Waals surface area contributed by atoms with Gasteiger partial charge in [0.25, 0.3) is 23.6 Å². The highest BCUT2D eigenvalue weighted by molar-refractivity contribution is 6.08. The molecule has 0 bridgehead atoms. The van der Waals surface area contributed by atoms with Crippen LogP contribution in [0.15, 0.2) is 67.3 Å². The minimum Gasteiger partial charge on any atom is -0.351 e. The van der Waals surface area contributed by atoms with Crippen LogP contribution in [0.1, 0.15) is 48.4 Å². The van der Waals surface area contributed by atoms with Crippen molar-refractivity contribution in [1.29, 1.82) is 0 Å². The normalized spacial score (nSPS) is 11.1. The fraction of sp³-hybridized carbons (Fsp3) is 0.250. The molecule has 0 aliphatic rings. The van der Waals surface area contributed by atoms with Gasteiger partial charge in [0, 0.05) is 46.3 Å². The zero-order valence-electron chi connectivity index (χ0n) is 26.3. The van der Waals surface area contributed by atoms with Crippen molar-refractivity contribution in [3.63, 3.8) is 0 Å².